The van der Waals surface area contributed by atoms with Gasteiger partial charge in [0.1, 0.15) is 0 Å². The van der Waals surface area contributed by atoms with Crippen molar-refractivity contribution in [3.05, 3.63) is 35.4 Å². The molecule has 1 aromatic carbocycles. The smallest absolute Gasteiger partial charge is 0.0991 e. The Hall–Kier alpha value is -1.37. The Bertz CT molecular complexity index is 300. The lowest BCUT2D eigenvalue weighted by atomic mass is 10.0. The number of hydrogen-bond acceptors (Lipinski definition) is 3. The third-order valence-electron chi connectivity index (χ3n) is 1.96. The molecule has 0 aliphatic heterocycles. The molecule has 1 rings (SSSR count). The van der Waals surface area contributed by atoms with E-state index in [1.54, 1.807) is 12.1 Å². The van der Waals surface area contributed by atoms with Crippen LogP contribution in [0.15, 0.2) is 24.3 Å². The van der Waals surface area contributed by atoms with E-state index in [0.29, 0.717) is 12.2 Å². The van der Waals surface area contributed by atoms with E-state index in [2.05, 4.69) is 10.9 Å². The minimum atomic E-state index is 0.262. The van der Waals surface area contributed by atoms with Crippen LogP contribution in [0.3, 0.4) is 0 Å². The van der Waals surface area contributed by atoms with Gasteiger partial charge in [-0.05, 0) is 17.7 Å². The second kappa shape index (κ2) is 4.61. The topological polar surface area (TPSA) is 59.0 Å². The molecule has 1 aromatic rings. The Morgan fingerprint density at radius 1 is 1.46 bits per heavy atom. The van der Waals surface area contributed by atoms with Crippen molar-refractivity contribution in [2.75, 3.05) is 6.61 Å². The molecule has 13 heavy (non-hydrogen) atoms. The van der Waals surface area contributed by atoms with E-state index >= 15 is 0 Å². The van der Waals surface area contributed by atoms with E-state index in [4.69, 9.17) is 11.2 Å². The van der Waals surface area contributed by atoms with E-state index in [1.165, 1.54) is 0 Å². The average Bonchev–Trinajstić information content (AvgIpc) is 2.18. The van der Waals surface area contributed by atoms with Crippen LogP contribution in [0, 0.1) is 11.3 Å². The molecule has 0 aromatic heterocycles. The number of nitriles is 1. The highest BCUT2D eigenvalue weighted by atomic mass is 16.6. The molecule has 0 aliphatic carbocycles. The van der Waals surface area contributed by atoms with Crippen LogP contribution in [0.5, 0.6) is 0 Å². The summed E-state index contributed by atoms with van der Waals surface area (Å²) < 4.78 is 0. The highest BCUT2D eigenvalue weighted by Crippen LogP contribution is 2.15. The Labute approximate surface area is 77.7 Å². The maximum absolute atomic E-state index is 8.58. The van der Waals surface area contributed by atoms with Gasteiger partial charge in [0.05, 0.1) is 18.2 Å². The Morgan fingerprint density at radius 3 is 2.54 bits per heavy atom. The van der Waals surface area contributed by atoms with Gasteiger partial charge in [-0.1, -0.05) is 19.1 Å². The van der Waals surface area contributed by atoms with Crippen molar-refractivity contribution in [3.63, 3.8) is 0 Å². The van der Waals surface area contributed by atoms with Gasteiger partial charge in [-0.2, -0.15) is 5.26 Å². The quantitative estimate of drug-likeness (QED) is 0.711. The van der Waals surface area contributed by atoms with Crippen LogP contribution < -0.4 is 5.90 Å². The summed E-state index contributed by atoms with van der Waals surface area (Å²) in [5.41, 5.74) is 1.80. The van der Waals surface area contributed by atoms with Gasteiger partial charge >= 0.3 is 0 Å². The fourth-order valence-corrected chi connectivity index (χ4v) is 1.13. The zero-order valence-corrected chi connectivity index (χ0v) is 7.53. The highest BCUT2D eigenvalue weighted by molar-refractivity contribution is 5.32. The monoisotopic (exact) mass is 176 g/mol. The molecule has 2 N–H and O–H groups in total. The van der Waals surface area contributed by atoms with Gasteiger partial charge in [0, 0.05) is 5.92 Å². The molecule has 68 valence electrons. The SMILES string of the molecule is CC(CON)c1ccc(C#N)cc1. The van der Waals surface area contributed by atoms with Gasteiger partial charge in [-0.3, -0.25) is 0 Å². The van der Waals surface area contributed by atoms with Crippen molar-refractivity contribution in [3.8, 4) is 6.07 Å². The van der Waals surface area contributed by atoms with Crippen molar-refractivity contribution in [2.24, 2.45) is 5.90 Å². The van der Waals surface area contributed by atoms with Gasteiger partial charge in [-0.25, -0.2) is 5.90 Å². The van der Waals surface area contributed by atoms with Crippen molar-refractivity contribution < 1.29 is 4.84 Å². The van der Waals surface area contributed by atoms with E-state index in [9.17, 15) is 0 Å². The molecule has 0 spiro atoms. The molecule has 0 fully saturated rings. The summed E-state index contributed by atoms with van der Waals surface area (Å²) in [5, 5.41) is 8.58. The highest BCUT2D eigenvalue weighted by Gasteiger charge is 2.04. The van der Waals surface area contributed by atoms with Crippen LogP contribution in [0.4, 0.5) is 0 Å². The predicted molar refractivity (Wildman–Crippen MR) is 49.7 cm³/mol. The van der Waals surface area contributed by atoms with Crippen LogP contribution in [0.2, 0.25) is 0 Å². The number of nitrogens with zero attached hydrogens (tertiary/aromatic N) is 1. The molecular weight excluding hydrogens is 164 g/mol. The number of benzene rings is 1. The molecule has 1 unspecified atom stereocenters. The molecule has 0 saturated heterocycles. The lowest BCUT2D eigenvalue weighted by molar-refractivity contribution is 0.126. The lowest BCUT2D eigenvalue weighted by Crippen LogP contribution is -2.08. The van der Waals surface area contributed by atoms with Gasteiger partial charge in [0.25, 0.3) is 0 Å². The zero-order chi connectivity index (χ0) is 9.68. The Morgan fingerprint density at radius 2 is 2.08 bits per heavy atom. The average molecular weight is 176 g/mol. The van der Waals surface area contributed by atoms with Crippen LogP contribution in [0.1, 0.15) is 24.0 Å². The summed E-state index contributed by atoms with van der Waals surface area (Å²) in [4.78, 5) is 4.55. The minimum Gasteiger partial charge on any atom is -0.304 e. The summed E-state index contributed by atoms with van der Waals surface area (Å²) in [6.45, 7) is 2.51. The summed E-state index contributed by atoms with van der Waals surface area (Å²) in [5.74, 6) is 5.23. The standard InChI is InChI=1S/C10H12N2O/c1-8(7-13-12)10-4-2-9(6-11)3-5-10/h2-5,8H,7,12H2,1H3. The second-order valence-electron chi connectivity index (χ2n) is 2.97. The minimum absolute atomic E-state index is 0.262. The molecule has 3 nitrogen and oxygen atoms in total. The zero-order valence-electron chi connectivity index (χ0n) is 7.53. The van der Waals surface area contributed by atoms with Crippen LogP contribution in [-0.2, 0) is 4.84 Å². The maximum atomic E-state index is 8.58. The van der Waals surface area contributed by atoms with Gasteiger partial charge in [0.2, 0.25) is 0 Å². The second-order valence-corrected chi connectivity index (χ2v) is 2.97. The summed E-state index contributed by atoms with van der Waals surface area (Å²) in [7, 11) is 0. The van der Waals surface area contributed by atoms with Gasteiger partial charge < -0.3 is 4.84 Å². The van der Waals surface area contributed by atoms with Crippen LogP contribution >= 0.6 is 0 Å². The van der Waals surface area contributed by atoms with Crippen molar-refractivity contribution in [1.29, 1.82) is 5.26 Å². The molecular formula is C10H12N2O. The maximum Gasteiger partial charge on any atom is 0.0991 e. The molecule has 0 heterocycles. The molecule has 3 heteroatoms. The molecule has 1 atom stereocenters. The van der Waals surface area contributed by atoms with E-state index in [1.807, 2.05) is 19.1 Å². The normalized spacial score (nSPS) is 12.1. The van der Waals surface area contributed by atoms with E-state index in [-0.39, 0.29) is 5.92 Å². The van der Waals surface area contributed by atoms with Crippen LogP contribution in [0.25, 0.3) is 0 Å². The third kappa shape index (κ3) is 2.55. The van der Waals surface area contributed by atoms with Gasteiger partial charge in [-0.15, -0.1) is 0 Å². The first kappa shape index (κ1) is 9.72. The van der Waals surface area contributed by atoms with Crippen LogP contribution in [-0.4, -0.2) is 6.61 Å². The first-order chi connectivity index (χ1) is 6.27. The fraction of sp³-hybridized carbons (Fsp3) is 0.300. The Kier molecular flexibility index (Phi) is 3.44. The predicted octanol–water partition coefficient (Wildman–Crippen LogP) is 1.55. The van der Waals surface area contributed by atoms with Crippen molar-refractivity contribution in [2.45, 2.75) is 12.8 Å². The first-order valence-corrected chi connectivity index (χ1v) is 4.09. The van der Waals surface area contributed by atoms with E-state index < -0.39 is 0 Å². The molecule has 0 amide bonds. The van der Waals surface area contributed by atoms with Gasteiger partial charge in [0.15, 0.2) is 0 Å². The molecule has 0 aliphatic rings. The Balaban J connectivity index is 2.75. The molecule has 0 radical (unpaired) electrons. The largest absolute Gasteiger partial charge is 0.304 e. The van der Waals surface area contributed by atoms with Crippen molar-refractivity contribution in [1.82, 2.24) is 0 Å². The number of nitrogens with two attached hydrogens (primary N) is 1. The summed E-state index contributed by atoms with van der Waals surface area (Å²) in [6.07, 6.45) is 0. The number of hydrogen-bond donors (Lipinski definition) is 1. The molecule has 0 bridgehead atoms. The fourth-order valence-electron chi connectivity index (χ4n) is 1.13. The summed E-state index contributed by atoms with van der Waals surface area (Å²) in [6, 6.07) is 9.49. The molecule has 0 saturated carbocycles. The van der Waals surface area contributed by atoms with Crippen molar-refractivity contribution >= 4 is 0 Å². The van der Waals surface area contributed by atoms with E-state index in [0.717, 1.165) is 5.56 Å². The lowest BCUT2D eigenvalue weighted by Gasteiger charge is -2.09. The third-order valence-corrected chi connectivity index (χ3v) is 1.96. The first-order valence-electron chi connectivity index (χ1n) is 4.09. The summed E-state index contributed by atoms with van der Waals surface area (Å²) >= 11 is 0. The number of rotatable bonds is 3.